The number of nitrogens with one attached hydrogen (secondary N) is 4. The van der Waals surface area contributed by atoms with Crippen molar-refractivity contribution in [3.8, 4) is 0 Å². The van der Waals surface area contributed by atoms with Gasteiger partial charge in [0.25, 0.3) is 0 Å². The number of rotatable bonds is 8. The molecule has 9 nitrogen and oxygen atoms in total. The van der Waals surface area contributed by atoms with Crippen molar-refractivity contribution in [2.45, 2.75) is 13.3 Å². The van der Waals surface area contributed by atoms with Crippen LogP contribution in [0.4, 0.5) is 46.7 Å². The number of carbonyl (C=O) groups excluding carboxylic acids is 1. The molecule has 4 N–H and O–H groups in total. The number of hydrogen-bond donors (Lipinski definition) is 4. The van der Waals surface area contributed by atoms with Crippen LogP contribution in [0.25, 0.3) is 0 Å². The molecule has 0 saturated heterocycles. The molecule has 13 heteroatoms. The summed E-state index contributed by atoms with van der Waals surface area (Å²) in [5.41, 5.74) is -0.826. The van der Waals surface area contributed by atoms with E-state index < -0.39 is 44.9 Å². The maximum atomic E-state index is 14.7. The van der Waals surface area contributed by atoms with Crippen molar-refractivity contribution in [2.24, 2.45) is 0 Å². The van der Waals surface area contributed by atoms with Gasteiger partial charge >= 0.3 is 6.03 Å². The fraction of sp³-hybridized carbons (Fsp3) is 0.150. The van der Waals surface area contributed by atoms with Gasteiger partial charge in [0, 0.05) is 11.8 Å². The quantitative estimate of drug-likeness (QED) is 0.378. The highest BCUT2D eigenvalue weighted by Crippen LogP contribution is 2.27. The average molecular weight is 480 g/mol. The second kappa shape index (κ2) is 10.2. The van der Waals surface area contributed by atoms with E-state index in [-0.39, 0.29) is 17.4 Å². The molecule has 3 rings (SSSR count). The molecule has 0 aliphatic heterocycles. The van der Waals surface area contributed by atoms with E-state index in [2.05, 4.69) is 20.6 Å². The predicted molar refractivity (Wildman–Crippen MR) is 118 cm³/mol. The molecule has 174 valence electrons. The minimum Gasteiger partial charge on any atom is -0.340 e. The topological polar surface area (TPSA) is 125 Å². The van der Waals surface area contributed by atoms with Gasteiger partial charge in [-0.3, -0.25) is 10.0 Å². The maximum Gasteiger partial charge on any atom is 0.325 e. The summed E-state index contributed by atoms with van der Waals surface area (Å²) in [5, 5.41) is 7.18. The van der Waals surface area contributed by atoms with Crippen LogP contribution in [-0.2, 0) is 10.0 Å². The lowest BCUT2D eigenvalue weighted by molar-refractivity contribution is 0.262. The van der Waals surface area contributed by atoms with Crippen LogP contribution in [0.3, 0.4) is 0 Å². The zero-order chi connectivity index (χ0) is 24.0. The molecule has 0 unspecified atom stereocenters. The van der Waals surface area contributed by atoms with E-state index in [1.807, 2.05) is 10.0 Å². The van der Waals surface area contributed by atoms with Crippen molar-refractivity contribution in [2.75, 3.05) is 26.4 Å². The molecule has 1 aromatic heterocycles. The first-order valence-corrected chi connectivity index (χ1v) is 11.2. The zero-order valence-electron chi connectivity index (χ0n) is 17.2. The fourth-order valence-corrected chi connectivity index (χ4v) is 3.80. The summed E-state index contributed by atoms with van der Waals surface area (Å²) in [6.07, 6.45) is 1.42. The number of sulfonamides is 1. The number of anilines is 5. The maximum absolute atomic E-state index is 14.7. The van der Waals surface area contributed by atoms with Gasteiger partial charge in [0.1, 0.15) is 35.3 Å². The number of nitrogens with zero attached hydrogens (tertiary/aromatic N) is 2. The first-order valence-electron chi connectivity index (χ1n) is 9.58. The number of halogens is 3. The van der Waals surface area contributed by atoms with Crippen molar-refractivity contribution >= 4 is 44.8 Å². The fourth-order valence-electron chi connectivity index (χ4n) is 2.67. The monoisotopic (exact) mass is 480 g/mol. The lowest BCUT2D eigenvalue weighted by Gasteiger charge is -2.13. The normalized spacial score (nSPS) is 11.0. The Morgan fingerprint density at radius 2 is 1.67 bits per heavy atom. The smallest absolute Gasteiger partial charge is 0.325 e. The summed E-state index contributed by atoms with van der Waals surface area (Å²) in [6.45, 7) is 1.63. The van der Waals surface area contributed by atoms with E-state index in [0.717, 1.165) is 18.5 Å². The summed E-state index contributed by atoms with van der Waals surface area (Å²) >= 11 is 0. The average Bonchev–Trinajstić information content (AvgIpc) is 2.75. The van der Waals surface area contributed by atoms with Crippen molar-refractivity contribution in [3.63, 3.8) is 0 Å². The lowest BCUT2D eigenvalue weighted by atomic mass is 10.2. The van der Waals surface area contributed by atoms with Crippen molar-refractivity contribution in [1.82, 2.24) is 9.97 Å². The van der Waals surface area contributed by atoms with Crippen LogP contribution in [0.1, 0.15) is 13.3 Å². The van der Waals surface area contributed by atoms with Crippen molar-refractivity contribution < 1.29 is 26.4 Å². The molecule has 0 saturated carbocycles. The van der Waals surface area contributed by atoms with E-state index in [9.17, 15) is 26.4 Å². The van der Waals surface area contributed by atoms with Gasteiger partial charge in [-0.25, -0.2) is 36.4 Å². The lowest BCUT2D eigenvalue weighted by Crippen LogP contribution is -2.23. The molecule has 0 radical (unpaired) electrons. The Kier molecular flexibility index (Phi) is 7.33. The second-order valence-electron chi connectivity index (χ2n) is 6.70. The van der Waals surface area contributed by atoms with Crippen LogP contribution >= 0.6 is 0 Å². The Morgan fingerprint density at radius 1 is 0.970 bits per heavy atom. The van der Waals surface area contributed by atoms with Gasteiger partial charge in [-0.05, 0) is 42.8 Å². The van der Waals surface area contributed by atoms with Crippen LogP contribution in [0.2, 0.25) is 0 Å². The number of aromatic nitrogens is 2. The standard InChI is InChI=1S/C20H19F3N6O3S/c1-2-9-33(31,32)29-15-8-7-14(22)19(18(15)23)28-20(30)27-17-10-16(24-11-25-17)26-13-5-3-12(21)4-6-13/h3-8,10-11,29H,2,9H2,1H3,(H3,24,25,26,27,28,30). The number of amides is 2. The Hall–Kier alpha value is -3.87. The molecule has 0 aliphatic rings. The van der Waals surface area contributed by atoms with E-state index in [0.29, 0.717) is 12.1 Å². The highest BCUT2D eigenvalue weighted by Gasteiger charge is 2.19. The first kappa shape index (κ1) is 23.8. The van der Waals surface area contributed by atoms with Gasteiger partial charge in [0.2, 0.25) is 10.0 Å². The van der Waals surface area contributed by atoms with E-state index in [4.69, 9.17) is 0 Å². The number of carbonyl (C=O) groups is 1. The van der Waals surface area contributed by atoms with Crippen LogP contribution in [0.5, 0.6) is 0 Å². The zero-order valence-corrected chi connectivity index (χ0v) is 18.0. The number of hydrogen-bond acceptors (Lipinski definition) is 6. The molecule has 2 aromatic carbocycles. The molecule has 0 spiro atoms. The summed E-state index contributed by atoms with van der Waals surface area (Å²) in [5.74, 6) is -2.81. The second-order valence-corrected chi connectivity index (χ2v) is 8.55. The van der Waals surface area contributed by atoms with Gasteiger partial charge in [-0.2, -0.15) is 0 Å². The van der Waals surface area contributed by atoms with E-state index >= 15 is 0 Å². The minimum absolute atomic E-state index is 0.00673. The van der Waals surface area contributed by atoms with Crippen LogP contribution in [0, 0.1) is 17.5 Å². The van der Waals surface area contributed by atoms with Crippen LogP contribution in [0.15, 0.2) is 48.8 Å². The molecule has 33 heavy (non-hydrogen) atoms. The number of benzene rings is 2. The van der Waals surface area contributed by atoms with Gasteiger partial charge < -0.3 is 10.6 Å². The van der Waals surface area contributed by atoms with Crippen LogP contribution in [-0.4, -0.2) is 30.2 Å². The molecule has 0 bridgehead atoms. The SMILES string of the molecule is CCCS(=O)(=O)Nc1ccc(F)c(NC(=O)Nc2cc(Nc3ccc(F)cc3)ncn2)c1F. The molecule has 0 aliphatic carbocycles. The molecule has 3 aromatic rings. The Balaban J connectivity index is 1.72. The van der Waals surface area contributed by atoms with Gasteiger partial charge in [-0.1, -0.05) is 6.92 Å². The number of urea groups is 1. The molecule has 2 amide bonds. The summed E-state index contributed by atoms with van der Waals surface area (Å²) in [7, 11) is -3.83. The first-order chi connectivity index (χ1) is 15.7. The molecule has 0 fully saturated rings. The van der Waals surface area contributed by atoms with Crippen molar-refractivity contribution in [3.05, 3.63) is 66.2 Å². The van der Waals surface area contributed by atoms with Crippen molar-refractivity contribution in [1.29, 1.82) is 0 Å². The summed E-state index contributed by atoms with van der Waals surface area (Å²) < 4.78 is 67.6. The Bertz CT molecular complexity index is 1260. The van der Waals surface area contributed by atoms with E-state index in [1.165, 1.54) is 30.3 Å². The minimum atomic E-state index is -3.83. The largest absolute Gasteiger partial charge is 0.340 e. The van der Waals surface area contributed by atoms with Gasteiger partial charge in [0.15, 0.2) is 5.82 Å². The predicted octanol–water partition coefficient (Wildman–Crippen LogP) is 4.43. The summed E-state index contributed by atoms with van der Waals surface area (Å²) in [4.78, 5) is 20.1. The molecular weight excluding hydrogens is 461 g/mol. The summed E-state index contributed by atoms with van der Waals surface area (Å²) in [6, 6.07) is 7.48. The third kappa shape index (κ3) is 6.55. The highest BCUT2D eigenvalue weighted by atomic mass is 32.2. The third-order valence-electron chi connectivity index (χ3n) is 4.09. The van der Waals surface area contributed by atoms with Crippen LogP contribution < -0.4 is 20.7 Å². The molecule has 0 atom stereocenters. The van der Waals surface area contributed by atoms with Gasteiger partial charge in [-0.15, -0.1) is 0 Å². The Morgan fingerprint density at radius 3 is 2.36 bits per heavy atom. The third-order valence-corrected chi connectivity index (χ3v) is 5.57. The van der Waals surface area contributed by atoms with E-state index in [1.54, 1.807) is 6.92 Å². The molecular formula is C20H19F3N6O3S. The Labute approximate surface area is 187 Å². The highest BCUT2D eigenvalue weighted by molar-refractivity contribution is 7.92. The molecule has 1 heterocycles. The van der Waals surface area contributed by atoms with Gasteiger partial charge in [0.05, 0.1) is 11.4 Å².